The van der Waals surface area contributed by atoms with Crippen molar-refractivity contribution in [1.29, 1.82) is 0 Å². The lowest BCUT2D eigenvalue weighted by Gasteiger charge is -2.12. The summed E-state index contributed by atoms with van der Waals surface area (Å²) in [6.07, 6.45) is 1.63. The summed E-state index contributed by atoms with van der Waals surface area (Å²) in [7, 11) is 0. The number of rotatable bonds is 8. The SMILES string of the molecule is CC(C)C(=O)C(=Cc1ccccc1)C(=O)Nc1ccc(OCc2ccccc2)cc1. The largest absolute Gasteiger partial charge is 0.489 e. The zero-order chi connectivity index (χ0) is 21.3. The first-order chi connectivity index (χ1) is 14.5. The molecule has 3 rings (SSSR count). The summed E-state index contributed by atoms with van der Waals surface area (Å²) in [6.45, 7) is 4.04. The maximum atomic E-state index is 12.8. The molecular formula is C26H25NO3. The van der Waals surface area contributed by atoms with Gasteiger partial charge in [0, 0.05) is 11.6 Å². The fourth-order valence-electron chi connectivity index (χ4n) is 2.85. The van der Waals surface area contributed by atoms with Crippen molar-refractivity contribution in [1.82, 2.24) is 0 Å². The molecule has 0 fully saturated rings. The van der Waals surface area contributed by atoms with Gasteiger partial charge in [0.2, 0.25) is 0 Å². The van der Waals surface area contributed by atoms with Gasteiger partial charge in [-0.2, -0.15) is 0 Å². The molecule has 0 heterocycles. The van der Waals surface area contributed by atoms with Crippen molar-refractivity contribution in [2.24, 2.45) is 5.92 Å². The summed E-state index contributed by atoms with van der Waals surface area (Å²) >= 11 is 0. The van der Waals surface area contributed by atoms with Gasteiger partial charge in [-0.3, -0.25) is 9.59 Å². The van der Waals surface area contributed by atoms with Crippen molar-refractivity contribution in [3.05, 3.63) is 102 Å². The van der Waals surface area contributed by atoms with Crippen molar-refractivity contribution in [3.8, 4) is 5.75 Å². The van der Waals surface area contributed by atoms with Crippen LogP contribution in [-0.4, -0.2) is 11.7 Å². The summed E-state index contributed by atoms with van der Waals surface area (Å²) in [5.74, 6) is -0.190. The van der Waals surface area contributed by atoms with Crippen LogP contribution in [0, 0.1) is 5.92 Å². The van der Waals surface area contributed by atoms with E-state index in [9.17, 15) is 9.59 Å². The highest BCUT2D eigenvalue weighted by molar-refractivity contribution is 6.26. The van der Waals surface area contributed by atoms with Crippen LogP contribution in [0.15, 0.2) is 90.5 Å². The van der Waals surface area contributed by atoms with Gasteiger partial charge in [-0.05, 0) is 41.5 Å². The number of amides is 1. The Kier molecular flexibility index (Phi) is 7.17. The van der Waals surface area contributed by atoms with Gasteiger partial charge in [0.1, 0.15) is 12.4 Å². The molecule has 30 heavy (non-hydrogen) atoms. The highest BCUT2D eigenvalue weighted by atomic mass is 16.5. The maximum Gasteiger partial charge on any atom is 0.259 e. The number of ether oxygens (including phenoxy) is 1. The third-order valence-electron chi connectivity index (χ3n) is 4.51. The quantitative estimate of drug-likeness (QED) is 0.309. The van der Waals surface area contributed by atoms with Crippen LogP contribution in [-0.2, 0) is 16.2 Å². The van der Waals surface area contributed by atoms with Gasteiger partial charge >= 0.3 is 0 Å². The Morgan fingerprint density at radius 1 is 0.867 bits per heavy atom. The van der Waals surface area contributed by atoms with Gasteiger partial charge in [0.15, 0.2) is 5.78 Å². The maximum absolute atomic E-state index is 12.8. The molecule has 0 aliphatic rings. The van der Waals surface area contributed by atoms with Crippen LogP contribution in [0.1, 0.15) is 25.0 Å². The van der Waals surface area contributed by atoms with Crippen LogP contribution in [0.2, 0.25) is 0 Å². The van der Waals surface area contributed by atoms with E-state index in [1.165, 1.54) is 0 Å². The van der Waals surface area contributed by atoms with Gasteiger partial charge in [-0.25, -0.2) is 0 Å². The Hall–Kier alpha value is -3.66. The summed E-state index contributed by atoms with van der Waals surface area (Å²) in [5.41, 5.74) is 2.63. The fourth-order valence-corrected chi connectivity index (χ4v) is 2.85. The Morgan fingerprint density at radius 2 is 1.47 bits per heavy atom. The third kappa shape index (κ3) is 5.92. The number of Topliss-reactive ketones (excluding diaryl/α,β-unsaturated/α-hetero) is 1. The number of carbonyl (C=O) groups excluding carboxylic acids is 2. The van der Waals surface area contributed by atoms with E-state index in [0.29, 0.717) is 18.0 Å². The van der Waals surface area contributed by atoms with Crippen molar-refractivity contribution < 1.29 is 14.3 Å². The second kappa shape index (κ2) is 10.2. The standard InChI is InChI=1S/C26H25NO3/c1-19(2)25(28)24(17-20-9-5-3-6-10-20)26(29)27-22-13-15-23(16-14-22)30-18-21-11-7-4-8-12-21/h3-17,19H,18H2,1-2H3,(H,27,29). The normalized spacial score (nSPS) is 11.2. The Bertz CT molecular complexity index is 1010. The van der Waals surface area contributed by atoms with Crippen molar-refractivity contribution in [2.75, 3.05) is 5.32 Å². The minimum Gasteiger partial charge on any atom is -0.489 e. The number of hydrogen-bond acceptors (Lipinski definition) is 3. The molecule has 3 aromatic rings. The van der Waals surface area contributed by atoms with Crippen LogP contribution in [0.25, 0.3) is 6.08 Å². The second-order valence-electron chi connectivity index (χ2n) is 7.24. The van der Waals surface area contributed by atoms with E-state index in [1.807, 2.05) is 60.7 Å². The Morgan fingerprint density at radius 3 is 2.07 bits per heavy atom. The average molecular weight is 399 g/mol. The zero-order valence-corrected chi connectivity index (χ0v) is 17.2. The van der Waals surface area contributed by atoms with E-state index < -0.39 is 5.91 Å². The molecule has 0 saturated carbocycles. The molecule has 0 aliphatic carbocycles. The number of ketones is 1. The summed E-state index contributed by atoms with van der Waals surface area (Å²) in [6, 6.07) is 26.4. The van der Waals surface area contributed by atoms with E-state index in [2.05, 4.69) is 5.32 Å². The predicted molar refractivity (Wildman–Crippen MR) is 120 cm³/mol. The van der Waals surface area contributed by atoms with Crippen LogP contribution in [0.5, 0.6) is 5.75 Å². The average Bonchev–Trinajstić information content (AvgIpc) is 2.78. The molecule has 0 aromatic heterocycles. The van der Waals surface area contributed by atoms with E-state index in [-0.39, 0.29) is 17.3 Å². The number of carbonyl (C=O) groups is 2. The number of benzene rings is 3. The number of hydrogen-bond donors (Lipinski definition) is 1. The van der Waals surface area contributed by atoms with Crippen LogP contribution in [0.4, 0.5) is 5.69 Å². The van der Waals surface area contributed by atoms with Crippen LogP contribution < -0.4 is 10.1 Å². The van der Waals surface area contributed by atoms with Crippen molar-refractivity contribution in [2.45, 2.75) is 20.5 Å². The monoisotopic (exact) mass is 399 g/mol. The molecule has 4 nitrogen and oxygen atoms in total. The molecule has 4 heteroatoms. The molecule has 152 valence electrons. The molecule has 0 atom stereocenters. The highest BCUT2D eigenvalue weighted by Crippen LogP contribution is 2.19. The van der Waals surface area contributed by atoms with Crippen LogP contribution in [0.3, 0.4) is 0 Å². The molecular weight excluding hydrogens is 374 g/mol. The van der Waals surface area contributed by atoms with E-state index in [0.717, 1.165) is 11.1 Å². The zero-order valence-electron chi connectivity index (χ0n) is 17.2. The Labute approximate surface area is 177 Å². The topological polar surface area (TPSA) is 55.4 Å². The molecule has 0 bridgehead atoms. The van der Waals surface area contributed by atoms with Gasteiger partial charge in [-0.15, -0.1) is 0 Å². The Balaban J connectivity index is 1.69. The summed E-state index contributed by atoms with van der Waals surface area (Å²) in [5, 5.41) is 2.82. The van der Waals surface area contributed by atoms with Crippen molar-refractivity contribution >= 4 is 23.5 Å². The van der Waals surface area contributed by atoms with Gasteiger partial charge in [-0.1, -0.05) is 74.5 Å². The molecule has 1 N–H and O–H groups in total. The van der Waals surface area contributed by atoms with E-state index in [4.69, 9.17) is 4.74 Å². The van der Waals surface area contributed by atoms with Crippen LogP contribution >= 0.6 is 0 Å². The summed E-state index contributed by atoms with van der Waals surface area (Å²) in [4.78, 5) is 25.4. The molecule has 0 unspecified atom stereocenters. The molecule has 0 radical (unpaired) electrons. The minimum absolute atomic E-state index is 0.139. The van der Waals surface area contributed by atoms with E-state index in [1.54, 1.807) is 44.2 Å². The fraction of sp³-hybridized carbons (Fsp3) is 0.154. The van der Waals surface area contributed by atoms with Crippen molar-refractivity contribution in [3.63, 3.8) is 0 Å². The molecule has 0 spiro atoms. The predicted octanol–water partition coefficient (Wildman–Crippen LogP) is 5.51. The van der Waals surface area contributed by atoms with Gasteiger partial charge in [0.05, 0.1) is 5.57 Å². The van der Waals surface area contributed by atoms with Gasteiger partial charge < -0.3 is 10.1 Å². The molecule has 0 saturated heterocycles. The van der Waals surface area contributed by atoms with Gasteiger partial charge in [0.25, 0.3) is 5.91 Å². The number of anilines is 1. The first-order valence-electron chi connectivity index (χ1n) is 9.92. The first kappa shape index (κ1) is 21.1. The molecule has 3 aromatic carbocycles. The third-order valence-corrected chi connectivity index (χ3v) is 4.51. The smallest absolute Gasteiger partial charge is 0.259 e. The highest BCUT2D eigenvalue weighted by Gasteiger charge is 2.21. The lowest BCUT2D eigenvalue weighted by Crippen LogP contribution is -2.23. The minimum atomic E-state index is -0.421. The lowest BCUT2D eigenvalue weighted by atomic mass is 9.98. The number of nitrogens with one attached hydrogen (secondary N) is 1. The second-order valence-corrected chi connectivity index (χ2v) is 7.24. The summed E-state index contributed by atoms with van der Waals surface area (Å²) < 4.78 is 5.77. The lowest BCUT2D eigenvalue weighted by molar-refractivity contribution is -0.121. The van der Waals surface area contributed by atoms with E-state index >= 15 is 0 Å². The first-order valence-corrected chi connectivity index (χ1v) is 9.92. The molecule has 1 amide bonds. The molecule has 0 aliphatic heterocycles.